The molecular weight excluding hydrogens is 333 g/mol. The van der Waals surface area contributed by atoms with E-state index < -0.39 is 18.1 Å². The Labute approximate surface area is 124 Å². The van der Waals surface area contributed by atoms with E-state index in [0.29, 0.717) is 10.7 Å². The molecule has 2 rings (SSSR count). The van der Waals surface area contributed by atoms with Gasteiger partial charge < -0.3 is 10.2 Å². The van der Waals surface area contributed by atoms with Crippen molar-refractivity contribution >= 4 is 23.5 Å². The van der Waals surface area contributed by atoms with Crippen LogP contribution in [0.3, 0.4) is 0 Å². The highest BCUT2D eigenvalue weighted by Crippen LogP contribution is 2.18. The van der Waals surface area contributed by atoms with E-state index in [-0.39, 0.29) is 11.4 Å². The number of rotatable bonds is 2. The van der Waals surface area contributed by atoms with Crippen molar-refractivity contribution in [2.75, 3.05) is 0 Å². The highest BCUT2D eigenvalue weighted by Gasteiger charge is 2.38. The maximum Gasteiger partial charge on any atom is 0.490 e. The molecule has 12 heteroatoms. The largest absolute Gasteiger partial charge is 0.490 e. The molecule has 0 radical (unpaired) electrons. The van der Waals surface area contributed by atoms with Crippen molar-refractivity contribution < 1.29 is 33.0 Å². The zero-order chi connectivity index (χ0) is 16.9. The molecule has 0 unspecified atom stereocenters. The van der Waals surface area contributed by atoms with Crippen LogP contribution in [0.2, 0.25) is 5.02 Å². The molecular formula is C10H6ClF3N4O4. The summed E-state index contributed by atoms with van der Waals surface area (Å²) in [4.78, 5) is 23.6. The van der Waals surface area contributed by atoms with Gasteiger partial charge in [0.2, 0.25) is 0 Å². The van der Waals surface area contributed by atoms with E-state index in [1.54, 1.807) is 12.1 Å². The molecule has 2 heterocycles. The van der Waals surface area contributed by atoms with E-state index in [9.17, 15) is 18.0 Å². The Kier molecular flexibility index (Phi) is 5.40. The van der Waals surface area contributed by atoms with Crippen molar-refractivity contribution in [2.45, 2.75) is 6.18 Å². The monoisotopic (exact) mass is 338 g/mol. The van der Waals surface area contributed by atoms with Crippen LogP contribution in [0.15, 0.2) is 18.3 Å². The van der Waals surface area contributed by atoms with Gasteiger partial charge in [-0.15, -0.1) is 5.10 Å². The summed E-state index contributed by atoms with van der Waals surface area (Å²) in [5.74, 6) is -3.91. The lowest BCUT2D eigenvalue weighted by molar-refractivity contribution is -0.192. The number of aromatic amines is 1. The molecule has 0 atom stereocenters. The quantitative estimate of drug-likeness (QED) is 0.762. The van der Waals surface area contributed by atoms with Gasteiger partial charge in [0, 0.05) is 6.20 Å². The summed E-state index contributed by atoms with van der Waals surface area (Å²) in [6.45, 7) is 0. The first-order valence-corrected chi connectivity index (χ1v) is 5.56. The predicted octanol–water partition coefficient (Wildman–Crippen LogP) is 1.85. The molecule has 0 fully saturated rings. The van der Waals surface area contributed by atoms with Crippen LogP contribution in [0.4, 0.5) is 13.2 Å². The molecule has 3 N–H and O–H groups in total. The summed E-state index contributed by atoms with van der Waals surface area (Å²) in [7, 11) is 0. The Morgan fingerprint density at radius 3 is 2.18 bits per heavy atom. The Bertz CT molecular complexity index is 672. The predicted molar refractivity (Wildman–Crippen MR) is 65.3 cm³/mol. The average molecular weight is 339 g/mol. The van der Waals surface area contributed by atoms with Gasteiger partial charge in [-0.05, 0) is 12.1 Å². The number of aromatic carboxylic acids is 1. The number of halogens is 4. The van der Waals surface area contributed by atoms with Crippen LogP contribution in [0.5, 0.6) is 0 Å². The molecule has 8 nitrogen and oxygen atoms in total. The molecule has 2 aromatic rings. The zero-order valence-corrected chi connectivity index (χ0v) is 11.1. The van der Waals surface area contributed by atoms with Crippen molar-refractivity contribution in [3.05, 3.63) is 29.0 Å². The number of H-pyrrole nitrogens is 1. The lowest BCUT2D eigenvalue weighted by Gasteiger charge is -1.96. The van der Waals surface area contributed by atoms with Crippen molar-refractivity contribution in [3.63, 3.8) is 0 Å². The molecule has 0 amide bonds. The van der Waals surface area contributed by atoms with Gasteiger partial charge in [-0.25, -0.2) is 9.59 Å². The second-order valence-corrected chi connectivity index (χ2v) is 3.93. The first-order valence-electron chi connectivity index (χ1n) is 5.19. The van der Waals surface area contributed by atoms with Crippen molar-refractivity contribution in [3.8, 4) is 11.4 Å². The number of carbonyl (C=O) groups is 2. The van der Waals surface area contributed by atoms with Crippen LogP contribution in [0, 0.1) is 0 Å². The average Bonchev–Trinajstić information content (AvgIpc) is 2.88. The molecule has 0 saturated heterocycles. The molecule has 2 aromatic heterocycles. The number of aromatic nitrogens is 4. The number of alkyl halides is 3. The molecule has 0 aromatic carbocycles. The molecule has 0 aliphatic heterocycles. The normalized spacial score (nSPS) is 10.5. The van der Waals surface area contributed by atoms with Gasteiger partial charge in [-0.3, -0.25) is 4.98 Å². The molecule has 118 valence electrons. The fraction of sp³-hybridized carbons (Fsp3) is 0.100. The van der Waals surface area contributed by atoms with Crippen LogP contribution < -0.4 is 0 Å². The van der Waals surface area contributed by atoms with E-state index in [1.807, 2.05) is 0 Å². The number of hydrogen-bond acceptors (Lipinski definition) is 5. The van der Waals surface area contributed by atoms with Crippen LogP contribution in [0.25, 0.3) is 11.4 Å². The first kappa shape index (κ1) is 17.4. The van der Waals surface area contributed by atoms with E-state index >= 15 is 0 Å². The number of aliphatic carboxylic acids is 1. The minimum atomic E-state index is -5.08. The van der Waals surface area contributed by atoms with Gasteiger partial charge >= 0.3 is 18.1 Å². The Hall–Kier alpha value is -2.69. The van der Waals surface area contributed by atoms with Gasteiger partial charge in [0.15, 0.2) is 5.69 Å². The maximum absolute atomic E-state index is 10.7. The number of pyridine rings is 1. The minimum Gasteiger partial charge on any atom is -0.476 e. The standard InChI is InChI=1S/C8H5ClN4O2.C2HF3O2/c9-4-1-2-5(10-3-4)6-7(8(14)15)12-13-11-6;3-2(4,5)1(6)7/h1-3H,(H,14,15)(H,11,12,13);(H,6,7). The van der Waals surface area contributed by atoms with Crippen LogP contribution in [-0.2, 0) is 4.79 Å². The molecule has 0 bridgehead atoms. The fourth-order valence-corrected chi connectivity index (χ4v) is 1.19. The summed E-state index contributed by atoms with van der Waals surface area (Å²) in [5, 5.41) is 25.9. The van der Waals surface area contributed by atoms with E-state index in [2.05, 4.69) is 20.4 Å². The second kappa shape index (κ2) is 6.85. The van der Waals surface area contributed by atoms with Crippen molar-refractivity contribution in [1.29, 1.82) is 0 Å². The lowest BCUT2D eigenvalue weighted by atomic mass is 10.2. The van der Waals surface area contributed by atoms with Crippen LogP contribution in [-0.4, -0.2) is 48.7 Å². The third-order valence-electron chi connectivity index (χ3n) is 1.96. The molecule has 22 heavy (non-hydrogen) atoms. The van der Waals surface area contributed by atoms with Crippen LogP contribution in [0.1, 0.15) is 10.5 Å². The highest BCUT2D eigenvalue weighted by atomic mass is 35.5. The summed E-state index contributed by atoms with van der Waals surface area (Å²) in [5.41, 5.74) is 0.439. The number of carboxylic acid groups (broad SMARTS) is 2. The Balaban J connectivity index is 0.000000295. The first-order chi connectivity index (χ1) is 10.1. The van der Waals surface area contributed by atoms with E-state index in [4.69, 9.17) is 26.6 Å². The van der Waals surface area contributed by atoms with Crippen molar-refractivity contribution in [1.82, 2.24) is 20.4 Å². The van der Waals surface area contributed by atoms with Gasteiger partial charge in [0.25, 0.3) is 0 Å². The second-order valence-electron chi connectivity index (χ2n) is 3.49. The van der Waals surface area contributed by atoms with Gasteiger partial charge in [-0.1, -0.05) is 11.6 Å². The highest BCUT2D eigenvalue weighted by molar-refractivity contribution is 6.30. The summed E-state index contributed by atoms with van der Waals surface area (Å²) in [6, 6.07) is 3.18. The third kappa shape index (κ3) is 4.70. The maximum atomic E-state index is 10.7. The van der Waals surface area contributed by atoms with Gasteiger partial charge in [-0.2, -0.15) is 23.5 Å². The third-order valence-corrected chi connectivity index (χ3v) is 2.19. The molecule has 0 aliphatic carbocycles. The smallest absolute Gasteiger partial charge is 0.476 e. The van der Waals surface area contributed by atoms with Gasteiger partial charge in [0.1, 0.15) is 5.69 Å². The van der Waals surface area contributed by atoms with Gasteiger partial charge in [0.05, 0.1) is 10.7 Å². The molecule has 0 aliphatic rings. The fourth-order valence-electron chi connectivity index (χ4n) is 1.07. The minimum absolute atomic E-state index is 0.162. The zero-order valence-electron chi connectivity index (χ0n) is 10.3. The number of carboxylic acids is 2. The summed E-state index contributed by atoms with van der Waals surface area (Å²) < 4.78 is 31.7. The Morgan fingerprint density at radius 1 is 1.18 bits per heavy atom. The lowest BCUT2D eigenvalue weighted by Crippen LogP contribution is -2.21. The number of nitrogens with zero attached hydrogens (tertiary/aromatic N) is 3. The van der Waals surface area contributed by atoms with Crippen molar-refractivity contribution in [2.24, 2.45) is 0 Å². The topological polar surface area (TPSA) is 129 Å². The SMILES string of the molecule is O=C(O)C(F)(F)F.O=C(O)c1n[nH]nc1-c1ccc(Cl)cn1. The van der Waals surface area contributed by atoms with Crippen LogP contribution >= 0.6 is 11.6 Å². The van der Waals surface area contributed by atoms with E-state index in [0.717, 1.165) is 0 Å². The molecule has 0 saturated carbocycles. The summed E-state index contributed by atoms with van der Waals surface area (Å²) >= 11 is 5.65. The van der Waals surface area contributed by atoms with E-state index in [1.165, 1.54) is 6.20 Å². The summed E-state index contributed by atoms with van der Waals surface area (Å²) in [6.07, 6.45) is -3.67. The number of hydrogen-bond donors (Lipinski definition) is 3. The Morgan fingerprint density at radius 2 is 1.77 bits per heavy atom. The molecule has 0 spiro atoms. The number of nitrogens with one attached hydrogen (secondary N) is 1.